The highest BCUT2D eigenvalue weighted by atomic mass is 16.2. The minimum atomic E-state index is -0.401. The molecule has 0 saturated heterocycles. The molecule has 122 valence electrons. The first-order valence-corrected chi connectivity index (χ1v) is 7.73. The Morgan fingerprint density at radius 1 is 0.875 bits per heavy atom. The second kappa shape index (κ2) is 9.11. The Morgan fingerprint density at radius 2 is 1.38 bits per heavy atom. The van der Waals surface area contributed by atoms with Crippen molar-refractivity contribution in [3.05, 3.63) is 71.8 Å². The lowest BCUT2D eigenvalue weighted by Gasteiger charge is -2.18. The van der Waals surface area contributed by atoms with Crippen LogP contribution in [0.2, 0.25) is 0 Å². The van der Waals surface area contributed by atoms with Gasteiger partial charge in [-0.1, -0.05) is 60.7 Å². The van der Waals surface area contributed by atoms with Crippen molar-refractivity contribution in [2.45, 2.75) is 12.3 Å². The standard InChI is InChI=1S/C19H19N3O2/c20-12-11-17(23)21-13-14-22-19(24)18(15-7-3-1-4-8-15)16-9-5-2-6-10-16/h1-10,18H,11,13-14H2,(H,21,23)(H,22,24). The van der Waals surface area contributed by atoms with E-state index in [4.69, 9.17) is 5.26 Å². The molecule has 0 aliphatic carbocycles. The second-order valence-corrected chi connectivity index (χ2v) is 5.23. The zero-order valence-corrected chi connectivity index (χ0v) is 13.2. The summed E-state index contributed by atoms with van der Waals surface area (Å²) in [6.07, 6.45) is -0.176. The number of hydrogen-bond donors (Lipinski definition) is 2. The van der Waals surface area contributed by atoms with Crippen LogP contribution in [0.25, 0.3) is 0 Å². The average molecular weight is 321 g/mol. The summed E-state index contributed by atoms with van der Waals surface area (Å²) >= 11 is 0. The molecule has 2 aromatic carbocycles. The van der Waals surface area contributed by atoms with Gasteiger partial charge >= 0.3 is 0 Å². The monoisotopic (exact) mass is 321 g/mol. The second-order valence-electron chi connectivity index (χ2n) is 5.23. The number of nitriles is 1. The summed E-state index contributed by atoms with van der Waals surface area (Å²) in [6.45, 7) is 0.606. The number of nitrogens with one attached hydrogen (secondary N) is 2. The Morgan fingerprint density at radius 3 is 1.88 bits per heavy atom. The first kappa shape index (κ1) is 17.2. The Hall–Kier alpha value is -3.13. The number of carbonyl (C=O) groups is 2. The number of hydrogen-bond acceptors (Lipinski definition) is 3. The first-order valence-electron chi connectivity index (χ1n) is 7.73. The predicted molar refractivity (Wildman–Crippen MR) is 91.0 cm³/mol. The maximum Gasteiger partial charge on any atom is 0.234 e. The quantitative estimate of drug-likeness (QED) is 0.765. The van der Waals surface area contributed by atoms with Gasteiger partial charge in [0.05, 0.1) is 12.0 Å². The molecule has 0 aliphatic rings. The van der Waals surface area contributed by atoms with Crippen LogP contribution in [0.5, 0.6) is 0 Å². The fraction of sp³-hybridized carbons (Fsp3) is 0.211. The molecule has 2 aromatic rings. The highest BCUT2D eigenvalue weighted by molar-refractivity contribution is 5.87. The van der Waals surface area contributed by atoms with Gasteiger partial charge in [0.25, 0.3) is 0 Å². The molecule has 2 rings (SSSR count). The molecule has 0 saturated carbocycles. The minimum Gasteiger partial charge on any atom is -0.354 e. The van der Waals surface area contributed by atoms with Gasteiger partial charge in [0.1, 0.15) is 6.42 Å². The number of amides is 2. The zero-order chi connectivity index (χ0) is 17.2. The van der Waals surface area contributed by atoms with E-state index in [0.717, 1.165) is 11.1 Å². The van der Waals surface area contributed by atoms with E-state index in [0.29, 0.717) is 13.1 Å². The Labute approximate surface area is 141 Å². The first-order chi connectivity index (χ1) is 11.7. The van der Waals surface area contributed by atoms with Gasteiger partial charge in [0, 0.05) is 13.1 Å². The lowest BCUT2D eigenvalue weighted by atomic mass is 9.90. The lowest BCUT2D eigenvalue weighted by Crippen LogP contribution is -2.37. The van der Waals surface area contributed by atoms with E-state index in [9.17, 15) is 9.59 Å². The van der Waals surface area contributed by atoms with Crippen molar-refractivity contribution >= 4 is 11.8 Å². The minimum absolute atomic E-state index is 0.123. The number of carbonyl (C=O) groups excluding carboxylic acids is 2. The fourth-order valence-corrected chi connectivity index (χ4v) is 2.41. The van der Waals surface area contributed by atoms with Gasteiger partial charge in [0.2, 0.25) is 11.8 Å². The molecular formula is C19H19N3O2. The van der Waals surface area contributed by atoms with Crippen molar-refractivity contribution in [1.29, 1.82) is 5.26 Å². The molecule has 0 aromatic heterocycles. The summed E-state index contributed by atoms with van der Waals surface area (Å²) in [7, 11) is 0. The molecule has 2 N–H and O–H groups in total. The van der Waals surface area contributed by atoms with Crippen LogP contribution in [-0.4, -0.2) is 24.9 Å². The molecule has 0 spiro atoms. The largest absolute Gasteiger partial charge is 0.354 e. The van der Waals surface area contributed by atoms with E-state index in [-0.39, 0.29) is 18.2 Å². The SMILES string of the molecule is N#CCC(=O)NCCNC(=O)C(c1ccccc1)c1ccccc1. The van der Waals surface area contributed by atoms with Crippen molar-refractivity contribution in [1.82, 2.24) is 10.6 Å². The van der Waals surface area contributed by atoms with Gasteiger partial charge in [-0.05, 0) is 11.1 Å². The molecule has 0 bridgehead atoms. The smallest absolute Gasteiger partial charge is 0.234 e. The van der Waals surface area contributed by atoms with Crippen LogP contribution in [0, 0.1) is 11.3 Å². The summed E-state index contributed by atoms with van der Waals surface area (Å²) in [5, 5.41) is 13.8. The summed E-state index contributed by atoms with van der Waals surface area (Å²) < 4.78 is 0. The molecule has 5 heteroatoms. The van der Waals surface area contributed by atoms with Crippen LogP contribution >= 0.6 is 0 Å². The van der Waals surface area contributed by atoms with Gasteiger partial charge in [-0.3, -0.25) is 9.59 Å². The molecular weight excluding hydrogens is 302 g/mol. The van der Waals surface area contributed by atoms with Gasteiger partial charge in [-0.25, -0.2) is 0 Å². The van der Waals surface area contributed by atoms with E-state index in [2.05, 4.69) is 10.6 Å². The van der Waals surface area contributed by atoms with Crippen molar-refractivity contribution < 1.29 is 9.59 Å². The van der Waals surface area contributed by atoms with Gasteiger partial charge in [-0.2, -0.15) is 5.26 Å². The number of nitrogens with zero attached hydrogens (tertiary/aromatic N) is 1. The van der Waals surface area contributed by atoms with Crippen molar-refractivity contribution in [2.75, 3.05) is 13.1 Å². The predicted octanol–water partition coefficient (Wildman–Crippen LogP) is 1.96. The molecule has 0 atom stereocenters. The summed E-state index contributed by atoms with van der Waals surface area (Å²) in [5.74, 6) is -0.862. The van der Waals surface area contributed by atoms with E-state index >= 15 is 0 Å². The van der Waals surface area contributed by atoms with Crippen LogP contribution in [-0.2, 0) is 9.59 Å². The number of benzene rings is 2. The van der Waals surface area contributed by atoms with E-state index < -0.39 is 5.92 Å². The topological polar surface area (TPSA) is 82.0 Å². The highest BCUT2D eigenvalue weighted by Crippen LogP contribution is 2.24. The van der Waals surface area contributed by atoms with Crippen LogP contribution in [0.4, 0.5) is 0 Å². The summed E-state index contributed by atoms with van der Waals surface area (Å²) in [4.78, 5) is 23.9. The lowest BCUT2D eigenvalue weighted by molar-refractivity contribution is -0.122. The van der Waals surface area contributed by atoms with Gasteiger partial charge < -0.3 is 10.6 Å². The molecule has 24 heavy (non-hydrogen) atoms. The molecule has 0 unspecified atom stereocenters. The summed E-state index contributed by atoms with van der Waals surface area (Å²) in [6, 6.07) is 20.9. The fourth-order valence-electron chi connectivity index (χ4n) is 2.41. The highest BCUT2D eigenvalue weighted by Gasteiger charge is 2.21. The van der Waals surface area contributed by atoms with Crippen LogP contribution in [0.1, 0.15) is 23.5 Å². The normalized spacial score (nSPS) is 10.0. The van der Waals surface area contributed by atoms with E-state index in [1.165, 1.54) is 0 Å². The molecule has 0 radical (unpaired) electrons. The maximum absolute atomic E-state index is 12.6. The van der Waals surface area contributed by atoms with Crippen molar-refractivity contribution in [3.8, 4) is 6.07 Å². The van der Waals surface area contributed by atoms with Crippen LogP contribution in [0.15, 0.2) is 60.7 Å². The zero-order valence-electron chi connectivity index (χ0n) is 13.2. The van der Waals surface area contributed by atoms with Crippen molar-refractivity contribution in [3.63, 3.8) is 0 Å². The molecule has 0 aliphatic heterocycles. The molecule has 0 fully saturated rings. The third-order valence-electron chi connectivity index (χ3n) is 3.51. The van der Waals surface area contributed by atoms with E-state index in [1.807, 2.05) is 60.7 Å². The molecule has 2 amide bonds. The third-order valence-corrected chi connectivity index (χ3v) is 3.51. The van der Waals surface area contributed by atoms with Gasteiger partial charge in [0.15, 0.2) is 0 Å². The Balaban J connectivity index is 2.01. The third kappa shape index (κ3) is 4.96. The Kier molecular flexibility index (Phi) is 6.54. The summed E-state index contributed by atoms with van der Waals surface area (Å²) in [5.41, 5.74) is 1.82. The molecule has 5 nitrogen and oxygen atoms in total. The van der Waals surface area contributed by atoms with Gasteiger partial charge in [-0.15, -0.1) is 0 Å². The van der Waals surface area contributed by atoms with Crippen LogP contribution in [0.3, 0.4) is 0 Å². The Bertz CT molecular complexity index is 669. The molecule has 0 heterocycles. The maximum atomic E-state index is 12.6. The van der Waals surface area contributed by atoms with E-state index in [1.54, 1.807) is 6.07 Å². The average Bonchev–Trinajstić information content (AvgIpc) is 2.61. The van der Waals surface area contributed by atoms with Crippen molar-refractivity contribution in [2.24, 2.45) is 0 Å². The van der Waals surface area contributed by atoms with Crippen LogP contribution < -0.4 is 10.6 Å². The number of rotatable bonds is 7.